The van der Waals surface area contributed by atoms with E-state index in [0.717, 1.165) is 0 Å². The van der Waals surface area contributed by atoms with Crippen LogP contribution in [-0.4, -0.2) is 54.0 Å². The van der Waals surface area contributed by atoms with Gasteiger partial charge in [-0.2, -0.15) is 0 Å². The molecule has 1 aliphatic rings. The average molecular weight is 283 g/mol. The van der Waals surface area contributed by atoms with E-state index in [9.17, 15) is 14.7 Å². The molecule has 1 aliphatic heterocycles. The molecule has 1 fully saturated rings. The molecular formula is C12H17N3O5. The fraction of sp³-hybridized carbons (Fsp3) is 0.583. The maximum Gasteiger partial charge on any atom is 0.311 e. The molecule has 2 atom stereocenters. The minimum Gasteiger partial charge on any atom is -0.489 e. The summed E-state index contributed by atoms with van der Waals surface area (Å²) in [5, 5.41) is 9.23. The standard InChI is InChI=1S/C12H17N3O5/c1-3-15(8-5-20-4-7(8)12(17)18)10-9(19-2)11(16)14-6-13-10/h6-8H,3-5H2,1-2H3,(H,17,18)(H,13,14,16). The molecule has 0 aliphatic carbocycles. The lowest BCUT2D eigenvalue weighted by Crippen LogP contribution is -2.44. The third-order valence-electron chi connectivity index (χ3n) is 3.38. The number of nitrogens with one attached hydrogen (secondary N) is 1. The van der Waals surface area contributed by atoms with Gasteiger partial charge >= 0.3 is 5.97 Å². The van der Waals surface area contributed by atoms with Gasteiger partial charge in [-0.25, -0.2) is 4.98 Å². The number of rotatable bonds is 5. The third kappa shape index (κ3) is 2.46. The van der Waals surface area contributed by atoms with Crippen molar-refractivity contribution in [3.8, 4) is 5.75 Å². The Kier molecular flexibility index (Phi) is 4.23. The van der Waals surface area contributed by atoms with Crippen LogP contribution in [0.4, 0.5) is 5.82 Å². The zero-order valence-electron chi connectivity index (χ0n) is 11.3. The van der Waals surface area contributed by atoms with Crippen molar-refractivity contribution in [2.24, 2.45) is 5.92 Å². The Morgan fingerprint density at radius 3 is 3.00 bits per heavy atom. The van der Waals surface area contributed by atoms with Crippen LogP contribution in [0.3, 0.4) is 0 Å². The monoisotopic (exact) mass is 283 g/mol. The SMILES string of the molecule is CCN(c1nc[nH]c(=O)c1OC)C1COCC1C(=O)O. The van der Waals surface area contributed by atoms with E-state index in [1.165, 1.54) is 13.4 Å². The summed E-state index contributed by atoms with van der Waals surface area (Å²) < 4.78 is 10.3. The van der Waals surface area contributed by atoms with E-state index in [1.54, 1.807) is 4.90 Å². The maximum atomic E-state index is 11.7. The zero-order chi connectivity index (χ0) is 14.7. The van der Waals surface area contributed by atoms with E-state index < -0.39 is 17.4 Å². The zero-order valence-corrected chi connectivity index (χ0v) is 11.3. The molecule has 0 amide bonds. The van der Waals surface area contributed by atoms with Gasteiger partial charge in [0.2, 0.25) is 5.75 Å². The quantitative estimate of drug-likeness (QED) is 0.764. The number of aliphatic carboxylic acids is 1. The van der Waals surface area contributed by atoms with Gasteiger partial charge in [-0.05, 0) is 6.92 Å². The molecule has 1 aromatic heterocycles. The number of hydrogen-bond donors (Lipinski definition) is 2. The summed E-state index contributed by atoms with van der Waals surface area (Å²) in [5.41, 5.74) is -0.401. The number of anilines is 1. The molecule has 2 heterocycles. The molecule has 8 nitrogen and oxygen atoms in total. The molecule has 0 saturated carbocycles. The molecule has 0 bridgehead atoms. The Morgan fingerprint density at radius 2 is 2.40 bits per heavy atom. The normalized spacial score (nSPS) is 21.7. The number of carbonyl (C=O) groups is 1. The van der Waals surface area contributed by atoms with E-state index in [0.29, 0.717) is 12.4 Å². The Balaban J connectivity index is 2.40. The fourth-order valence-corrected chi connectivity index (χ4v) is 2.39. The number of likely N-dealkylation sites (N-methyl/N-ethyl adjacent to an activating group) is 1. The molecule has 1 saturated heterocycles. The van der Waals surface area contributed by atoms with Crippen LogP contribution >= 0.6 is 0 Å². The third-order valence-corrected chi connectivity index (χ3v) is 3.38. The minimum absolute atomic E-state index is 0.0744. The second-order valence-electron chi connectivity index (χ2n) is 4.42. The lowest BCUT2D eigenvalue weighted by molar-refractivity contribution is -0.141. The predicted octanol–water partition coefficient (Wildman–Crippen LogP) is -0.296. The van der Waals surface area contributed by atoms with Gasteiger partial charge in [0, 0.05) is 6.54 Å². The van der Waals surface area contributed by atoms with Crippen molar-refractivity contribution in [1.29, 1.82) is 0 Å². The molecule has 110 valence electrons. The van der Waals surface area contributed by atoms with Crippen molar-refractivity contribution in [2.45, 2.75) is 13.0 Å². The molecule has 0 radical (unpaired) electrons. The van der Waals surface area contributed by atoms with Crippen LogP contribution in [0.25, 0.3) is 0 Å². The van der Waals surface area contributed by atoms with E-state index in [1.807, 2.05) is 6.92 Å². The summed E-state index contributed by atoms with van der Waals surface area (Å²) in [6, 6.07) is -0.374. The van der Waals surface area contributed by atoms with Gasteiger partial charge < -0.3 is 24.5 Å². The van der Waals surface area contributed by atoms with Gasteiger partial charge in [0.15, 0.2) is 5.82 Å². The highest BCUT2D eigenvalue weighted by molar-refractivity contribution is 5.72. The Morgan fingerprint density at radius 1 is 1.65 bits per heavy atom. The topological polar surface area (TPSA) is 105 Å². The van der Waals surface area contributed by atoms with E-state index >= 15 is 0 Å². The number of hydrogen-bond acceptors (Lipinski definition) is 6. The Labute approximate surface area is 115 Å². The van der Waals surface area contributed by atoms with Crippen LogP contribution in [0.1, 0.15) is 6.92 Å². The highest BCUT2D eigenvalue weighted by Gasteiger charge is 2.39. The van der Waals surface area contributed by atoms with Crippen molar-refractivity contribution in [3.05, 3.63) is 16.7 Å². The second kappa shape index (κ2) is 5.91. The molecular weight excluding hydrogens is 266 g/mol. The van der Waals surface area contributed by atoms with Crippen molar-refractivity contribution in [1.82, 2.24) is 9.97 Å². The van der Waals surface area contributed by atoms with Crippen LogP contribution in [-0.2, 0) is 9.53 Å². The molecule has 0 aromatic carbocycles. The molecule has 2 rings (SSSR count). The summed E-state index contributed by atoms with van der Waals surface area (Å²) in [7, 11) is 1.38. The van der Waals surface area contributed by atoms with E-state index in [-0.39, 0.29) is 25.0 Å². The lowest BCUT2D eigenvalue weighted by atomic mass is 10.0. The number of aromatic amines is 1. The van der Waals surface area contributed by atoms with Crippen molar-refractivity contribution in [3.63, 3.8) is 0 Å². The second-order valence-corrected chi connectivity index (χ2v) is 4.42. The molecule has 0 spiro atoms. The van der Waals surface area contributed by atoms with Crippen LogP contribution in [0, 0.1) is 5.92 Å². The summed E-state index contributed by atoms with van der Waals surface area (Å²) in [5.74, 6) is -1.17. The van der Waals surface area contributed by atoms with Gasteiger partial charge in [-0.15, -0.1) is 0 Å². The Bertz CT molecular complexity index is 544. The molecule has 1 aromatic rings. The van der Waals surface area contributed by atoms with Crippen LogP contribution < -0.4 is 15.2 Å². The fourth-order valence-electron chi connectivity index (χ4n) is 2.39. The summed E-state index contributed by atoms with van der Waals surface area (Å²) in [4.78, 5) is 31.3. The molecule has 20 heavy (non-hydrogen) atoms. The number of methoxy groups -OCH3 is 1. The van der Waals surface area contributed by atoms with Gasteiger partial charge in [-0.3, -0.25) is 9.59 Å². The Hall–Kier alpha value is -2.09. The number of H-pyrrole nitrogens is 1. The summed E-state index contributed by atoms with van der Waals surface area (Å²) in [6.45, 7) is 2.79. The van der Waals surface area contributed by atoms with Gasteiger partial charge in [0.25, 0.3) is 5.56 Å². The number of ether oxygens (including phenoxy) is 2. The summed E-state index contributed by atoms with van der Waals surface area (Å²) in [6.07, 6.45) is 1.27. The van der Waals surface area contributed by atoms with E-state index in [4.69, 9.17) is 9.47 Å². The van der Waals surface area contributed by atoms with E-state index in [2.05, 4.69) is 9.97 Å². The smallest absolute Gasteiger partial charge is 0.311 e. The first-order chi connectivity index (χ1) is 9.60. The van der Waals surface area contributed by atoms with Crippen molar-refractivity contribution in [2.75, 3.05) is 31.8 Å². The van der Waals surface area contributed by atoms with Crippen LogP contribution in [0.2, 0.25) is 0 Å². The number of carboxylic acid groups (broad SMARTS) is 1. The molecule has 2 unspecified atom stereocenters. The highest BCUT2D eigenvalue weighted by atomic mass is 16.5. The first-order valence-corrected chi connectivity index (χ1v) is 6.29. The predicted molar refractivity (Wildman–Crippen MR) is 70.2 cm³/mol. The van der Waals surface area contributed by atoms with Crippen LogP contribution in [0.5, 0.6) is 5.75 Å². The molecule has 2 N–H and O–H groups in total. The largest absolute Gasteiger partial charge is 0.489 e. The first-order valence-electron chi connectivity index (χ1n) is 6.29. The van der Waals surface area contributed by atoms with Gasteiger partial charge in [-0.1, -0.05) is 0 Å². The molecule has 8 heteroatoms. The van der Waals surface area contributed by atoms with Crippen molar-refractivity contribution >= 4 is 11.8 Å². The lowest BCUT2D eigenvalue weighted by Gasteiger charge is -2.30. The van der Waals surface area contributed by atoms with Gasteiger partial charge in [0.05, 0.1) is 32.7 Å². The maximum absolute atomic E-state index is 11.7. The number of carboxylic acids is 1. The minimum atomic E-state index is -0.922. The highest BCUT2D eigenvalue weighted by Crippen LogP contribution is 2.28. The first kappa shape index (κ1) is 14.3. The number of nitrogens with zero attached hydrogens (tertiary/aromatic N) is 2. The van der Waals surface area contributed by atoms with Crippen molar-refractivity contribution < 1.29 is 19.4 Å². The van der Waals surface area contributed by atoms with Gasteiger partial charge in [0.1, 0.15) is 5.92 Å². The number of aromatic nitrogens is 2. The average Bonchev–Trinajstić information content (AvgIpc) is 2.89. The van der Waals surface area contributed by atoms with Crippen LogP contribution in [0.15, 0.2) is 11.1 Å². The summed E-state index contributed by atoms with van der Waals surface area (Å²) >= 11 is 0.